The fourth-order valence-corrected chi connectivity index (χ4v) is 2.90. The highest BCUT2D eigenvalue weighted by Gasteiger charge is 2.64. The number of amides is 1. The van der Waals surface area contributed by atoms with Crippen molar-refractivity contribution in [3.8, 4) is 11.5 Å². The van der Waals surface area contributed by atoms with E-state index >= 15 is 0 Å². The van der Waals surface area contributed by atoms with Gasteiger partial charge in [0.05, 0.1) is 14.2 Å². The smallest absolute Gasteiger partial charge is 0.406 e. The van der Waals surface area contributed by atoms with Gasteiger partial charge in [-0.2, -0.15) is 13.2 Å². The molecule has 0 aromatic heterocycles. The molecule has 0 saturated carbocycles. The predicted molar refractivity (Wildman–Crippen MR) is 80.9 cm³/mol. The lowest BCUT2D eigenvalue weighted by molar-refractivity contribution is -0.227. The van der Waals surface area contributed by atoms with Crippen molar-refractivity contribution in [2.45, 2.75) is 19.5 Å². The summed E-state index contributed by atoms with van der Waals surface area (Å²) in [7, 11) is 2.79. The third kappa shape index (κ3) is 3.10. The molecule has 1 saturated heterocycles. The van der Waals surface area contributed by atoms with Crippen molar-refractivity contribution >= 4 is 11.9 Å². The number of rotatable bonds is 4. The van der Waals surface area contributed by atoms with Crippen molar-refractivity contribution in [1.29, 1.82) is 0 Å². The van der Waals surface area contributed by atoms with Crippen molar-refractivity contribution in [2.24, 2.45) is 5.41 Å². The molecule has 1 heterocycles. The first kappa shape index (κ1) is 18.9. The van der Waals surface area contributed by atoms with E-state index in [4.69, 9.17) is 14.6 Å². The number of carbonyl (C=O) groups is 2. The van der Waals surface area contributed by atoms with Crippen LogP contribution in [0, 0.1) is 12.3 Å². The molecule has 2 rings (SSSR count). The summed E-state index contributed by atoms with van der Waals surface area (Å²) in [6, 6.07) is 2.79. The molecule has 1 unspecified atom stereocenters. The molecule has 0 spiro atoms. The molecule has 0 radical (unpaired) electrons. The summed E-state index contributed by atoms with van der Waals surface area (Å²) in [6.45, 7) is 0.479. The number of carboxylic acid groups (broad SMARTS) is 1. The number of likely N-dealkylation sites (tertiary alicyclic amines) is 1. The van der Waals surface area contributed by atoms with Crippen molar-refractivity contribution in [2.75, 3.05) is 27.3 Å². The zero-order valence-electron chi connectivity index (χ0n) is 13.9. The zero-order chi connectivity index (χ0) is 19.0. The molecular weight excluding hydrogens is 343 g/mol. The molecule has 1 fully saturated rings. The Hall–Kier alpha value is -2.45. The van der Waals surface area contributed by atoms with Crippen LogP contribution in [-0.2, 0) is 4.79 Å². The number of alkyl halides is 3. The molecule has 1 N–H and O–H groups in total. The molecule has 1 aliphatic rings. The standard InChI is InChI=1S/C16H18F3NO5/c1-9-11(24-2)6-10(7-12(9)25-3)13(21)20-5-4-15(8-20,14(22)23)16(17,18)19/h6-7H,4-5,8H2,1-3H3,(H,22,23). The Labute approximate surface area is 142 Å². The van der Waals surface area contributed by atoms with Gasteiger partial charge in [-0.1, -0.05) is 0 Å². The maximum Gasteiger partial charge on any atom is 0.406 e. The molecule has 1 aliphatic heterocycles. The average Bonchev–Trinajstić information content (AvgIpc) is 3.01. The van der Waals surface area contributed by atoms with Crippen molar-refractivity contribution in [3.05, 3.63) is 23.3 Å². The second kappa shape index (κ2) is 6.45. The Morgan fingerprint density at radius 2 is 1.72 bits per heavy atom. The van der Waals surface area contributed by atoms with Gasteiger partial charge in [-0.15, -0.1) is 0 Å². The average molecular weight is 361 g/mol. The summed E-state index contributed by atoms with van der Waals surface area (Å²) >= 11 is 0. The van der Waals surface area contributed by atoms with Crippen LogP contribution in [0.5, 0.6) is 11.5 Å². The fourth-order valence-electron chi connectivity index (χ4n) is 2.90. The minimum atomic E-state index is -4.95. The third-order valence-electron chi connectivity index (χ3n) is 4.51. The SMILES string of the molecule is COc1cc(C(=O)N2CCC(C(=O)O)(C(F)(F)F)C2)cc(OC)c1C. The molecule has 6 nitrogen and oxygen atoms in total. The van der Waals surface area contributed by atoms with Gasteiger partial charge in [0, 0.05) is 24.2 Å². The number of ether oxygens (including phenoxy) is 2. The molecule has 9 heteroatoms. The van der Waals surface area contributed by atoms with Crippen LogP contribution in [0.25, 0.3) is 0 Å². The van der Waals surface area contributed by atoms with Gasteiger partial charge in [-0.25, -0.2) is 0 Å². The Balaban J connectivity index is 2.36. The van der Waals surface area contributed by atoms with Gasteiger partial charge in [0.25, 0.3) is 5.91 Å². The lowest BCUT2D eigenvalue weighted by Gasteiger charge is -2.27. The van der Waals surface area contributed by atoms with Gasteiger partial charge in [0.15, 0.2) is 5.41 Å². The van der Waals surface area contributed by atoms with Gasteiger partial charge in [0.1, 0.15) is 11.5 Å². The number of benzene rings is 1. The molecule has 0 aliphatic carbocycles. The Morgan fingerprint density at radius 1 is 1.20 bits per heavy atom. The van der Waals surface area contributed by atoms with Gasteiger partial charge in [-0.3, -0.25) is 9.59 Å². The van der Waals surface area contributed by atoms with Gasteiger partial charge < -0.3 is 19.5 Å². The van der Waals surface area contributed by atoms with Crippen LogP contribution >= 0.6 is 0 Å². The maximum atomic E-state index is 13.2. The second-order valence-corrected chi connectivity index (χ2v) is 5.87. The summed E-state index contributed by atoms with van der Waals surface area (Å²) in [4.78, 5) is 24.7. The monoisotopic (exact) mass is 361 g/mol. The highest BCUT2D eigenvalue weighted by atomic mass is 19.4. The summed E-state index contributed by atoms with van der Waals surface area (Å²) < 4.78 is 50.0. The van der Waals surface area contributed by atoms with Crippen LogP contribution in [0.1, 0.15) is 22.3 Å². The first-order valence-electron chi connectivity index (χ1n) is 7.39. The molecule has 0 bridgehead atoms. The molecular formula is C16H18F3NO5. The quantitative estimate of drug-likeness (QED) is 0.892. The summed E-state index contributed by atoms with van der Waals surface area (Å²) in [5.74, 6) is -1.98. The van der Waals surface area contributed by atoms with E-state index in [0.29, 0.717) is 17.1 Å². The predicted octanol–water partition coefficient (Wildman–Crippen LogP) is 2.49. The Kier molecular flexibility index (Phi) is 4.87. The van der Waals surface area contributed by atoms with Gasteiger partial charge >= 0.3 is 12.1 Å². The van der Waals surface area contributed by atoms with Crippen LogP contribution in [0.3, 0.4) is 0 Å². The fraction of sp³-hybridized carbons (Fsp3) is 0.500. The maximum absolute atomic E-state index is 13.2. The molecule has 1 aromatic carbocycles. The highest BCUT2D eigenvalue weighted by molar-refractivity contribution is 5.96. The number of hydrogen-bond acceptors (Lipinski definition) is 4. The van der Waals surface area contributed by atoms with E-state index in [1.165, 1.54) is 26.4 Å². The summed E-state index contributed by atoms with van der Waals surface area (Å²) in [5, 5.41) is 9.07. The normalized spacial score (nSPS) is 20.5. The van der Waals surface area contributed by atoms with E-state index in [0.717, 1.165) is 4.90 Å². The van der Waals surface area contributed by atoms with Crippen molar-refractivity contribution in [1.82, 2.24) is 4.90 Å². The topological polar surface area (TPSA) is 76.1 Å². The molecule has 1 atom stereocenters. The van der Waals surface area contributed by atoms with E-state index in [2.05, 4.69) is 0 Å². The number of aliphatic carboxylic acids is 1. The third-order valence-corrected chi connectivity index (χ3v) is 4.51. The lowest BCUT2D eigenvalue weighted by atomic mass is 9.86. The largest absolute Gasteiger partial charge is 0.496 e. The number of hydrogen-bond donors (Lipinski definition) is 1. The van der Waals surface area contributed by atoms with Crippen LogP contribution in [0.4, 0.5) is 13.2 Å². The van der Waals surface area contributed by atoms with E-state index < -0.39 is 36.4 Å². The number of nitrogens with zero attached hydrogens (tertiary/aromatic N) is 1. The first-order valence-corrected chi connectivity index (χ1v) is 7.39. The number of carboxylic acids is 1. The van der Waals surface area contributed by atoms with Crippen LogP contribution in [0.2, 0.25) is 0 Å². The highest BCUT2D eigenvalue weighted by Crippen LogP contribution is 2.46. The van der Waals surface area contributed by atoms with Gasteiger partial charge in [0.2, 0.25) is 0 Å². The van der Waals surface area contributed by atoms with Crippen molar-refractivity contribution < 1.29 is 37.3 Å². The Bertz CT molecular complexity index is 678. The van der Waals surface area contributed by atoms with Crippen LogP contribution in [-0.4, -0.2) is 55.4 Å². The van der Waals surface area contributed by atoms with E-state index in [-0.39, 0.29) is 12.1 Å². The second-order valence-electron chi connectivity index (χ2n) is 5.87. The van der Waals surface area contributed by atoms with Gasteiger partial charge in [-0.05, 0) is 25.5 Å². The zero-order valence-corrected chi connectivity index (χ0v) is 13.9. The minimum absolute atomic E-state index is 0.0719. The van der Waals surface area contributed by atoms with E-state index in [1.54, 1.807) is 6.92 Å². The number of halogens is 3. The minimum Gasteiger partial charge on any atom is -0.496 e. The summed E-state index contributed by atoms with van der Waals surface area (Å²) in [6.07, 6.45) is -5.63. The first-order chi connectivity index (χ1) is 11.6. The molecule has 25 heavy (non-hydrogen) atoms. The number of carbonyl (C=O) groups excluding carboxylic acids is 1. The lowest BCUT2D eigenvalue weighted by Crippen LogP contribution is -2.47. The molecule has 138 valence electrons. The molecule has 1 aromatic rings. The van der Waals surface area contributed by atoms with Crippen LogP contribution < -0.4 is 9.47 Å². The van der Waals surface area contributed by atoms with E-state index in [9.17, 15) is 22.8 Å². The van der Waals surface area contributed by atoms with Crippen LogP contribution in [0.15, 0.2) is 12.1 Å². The summed E-state index contributed by atoms with van der Waals surface area (Å²) in [5.41, 5.74) is -2.23. The molecule has 1 amide bonds. The number of methoxy groups -OCH3 is 2. The van der Waals surface area contributed by atoms with E-state index in [1.807, 2.05) is 0 Å². The van der Waals surface area contributed by atoms with Crippen molar-refractivity contribution in [3.63, 3.8) is 0 Å². The Morgan fingerprint density at radius 3 is 2.08 bits per heavy atom.